The zero-order chi connectivity index (χ0) is 12.1. The molecule has 1 fully saturated rings. The lowest BCUT2D eigenvalue weighted by Gasteiger charge is -2.35. The van der Waals surface area contributed by atoms with Gasteiger partial charge in [-0.05, 0) is 70.9 Å². The predicted octanol–water partition coefficient (Wildman–Crippen LogP) is 2.66. The highest BCUT2D eigenvalue weighted by Gasteiger charge is 2.24. The van der Waals surface area contributed by atoms with Gasteiger partial charge in [0.15, 0.2) is 0 Å². The van der Waals surface area contributed by atoms with Gasteiger partial charge in [0.25, 0.3) is 0 Å². The first-order valence-corrected chi connectivity index (χ1v) is 6.73. The third-order valence-corrected chi connectivity index (χ3v) is 3.95. The Bertz CT molecular complexity index is 302. The number of hydrogen-bond acceptors (Lipinski definition) is 3. The van der Waals surface area contributed by atoms with Gasteiger partial charge >= 0.3 is 0 Å². The van der Waals surface area contributed by atoms with Crippen LogP contribution in [0, 0.1) is 5.92 Å². The van der Waals surface area contributed by atoms with Crippen molar-refractivity contribution in [2.45, 2.75) is 32.2 Å². The maximum absolute atomic E-state index is 5.49. The van der Waals surface area contributed by atoms with E-state index in [1.54, 1.807) is 6.26 Å². The van der Waals surface area contributed by atoms with Crippen LogP contribution in [0.2, 0.25) is 0 Å². The Morgan fingerprint density at radius 2 is 2.24 bits per heavy atom. The highest BCUT2D eigenvalue weighted by Crippen LogP contribution is 2.27. The molecule has 1 aromatic heterocycles. The SMILES string of the molecule is CNCCC1CCN(C(C)c2ccco2)CC1. The summed E-state index contributed by atoms with van der Waals surface area (Å²) in [6.45, 7) is 5.80. The van der Waals surface area contributed by atoms with Crippen molar-refractivity contribution >= 4 is 0 Å². The fourth-order valence-corrected chi connectivity index (χ4v) is 2.69. The summed E-state index contributed by atoms with van der Waals surface area (Å²) < 4.78 is 5.49. The molecular formula is C14H24N2O. The lowest BCUT2D eigenvalue weighted by Crippen LogP contribution is -2.36. The lowest BCUT2D eigenvalue weighted by molar-refractivity contribution is 0.125. The van der Waals surface area contributed by atoms with E-state index in [4.69, 9.17) is 4.42 Å². The molecule has 0 aromatic carbocycles. The standard InChI is InChI=1S/C14H24N2O/c1-12(14-4-3-11-17-14)16-9-6-13(7-10-16)5-8-15-2/h3-4,11-13,15H,5-10H2,1-2H3. The first-order chi connectivity index (χ1) is 8.31. The van der Waals surface area contributed by atoms with Crippen LogP contribution in [0.15, 0.2) is 22.8 Å². The van der Waals surface area contributed by atoms with Crippen LogP contribution < -0.4 is 5.32 Å². The minimum absolute atomic E-state index is 0.426. The molecule has 0 aliphatic carbocycles. The second-order valence-electron chi connectivity index (χ2n) is 5.06. The van der Waals surface area contributed by atoms with E-state index in [0.717, 1.165) is 18.2 Å². The maximum Gasteiger partial charge on any atom is 0.120 e. The van der Waals surface area contributed by atoms with E-state index >= 15 is 0 Å². The van der Waals surface area contributed by atoms with E-state index in [0.29, 0.717) is 6.04 Å². The van der Waals surface area contributed by atoms with E-state index < -0.39 is 0 Å². The zero-order valence-corrected chi connectivity index (χ0v) is 11.0. The highest BCUT2D eigenvalue weighted by atomic mass is 16.3. The minimum atomic E-state index is 0.426. The Kier molecular flexibility index (Phi) is 4.63. The molecule has 3 nitrogen and oxygen atoms in total. The topological polar surface area (TPSA) is 28.4 Å². The van der Waals surface area contributed by atoms with Gasteiger partial charge < -0.3 is 9.73 Å². The van der Waals surface area contributed by atoms with Crippen LogP contribution in [0.1, 0.15) is 38.0 Å². The first-order valence-electron chi connectivity index (χ1n) is 6.73. The summed E-state index contributed by atoms with van der Waals surface area (Å²) in [5.74, 6) is 2.00. The Labute approximate surface area is 104 Å². The Morgan fingerprint density at radius 3 is 2.82 bits per heavy atom. The predicted molar refractivity (Wildman–Crippen MR) is 70.0 cm³/mol. The third-order valence-electron chi connectivity index (χ3n) is 3.95. The fourth-order valence-electron chi connectivity index (χ4n) is 2.69. The van der Waals surface area contributed by atoms with Crippen molar-refractivity contribution in [2.75, 3.05) is 26.7 Å². The summed E-state index contributed by atoms with van der Waals surface area (Å²) in [5.41, 5.74) is 0. The molecule has 1 N–H and O–H groups in total. The quantitative estimate of drug-likeness (QED) is 0.852. The maximum atomic E-state index is 5.49. The molecule has 3 heteroatoms. The van der Waals surface area contributed by atoms with Crippen LogP contribution in [0.25, 0.3) is 0 Å². The van der Waals surface area contributed by atoms with E-state index in [2.05, 4.69) is 23.2 Å². The van der Waals surface area contributed by atoms with E-state index in [-0.39, 0.29) is 0 Å². The molecular weight excluding hydrogens is 212 g/mol. The van der Waals surface area contributed by atoms with Gasteiger partial charge in [0.05, 0.1) is 12.3 Å². The second kappa shape index (κ2) is 6.22. The monoisotopic (exact) mass is 236 g/mol. The number of piperidine rings is 1. The molecule has 2 heterocycles. The van der Waals surface area contributed by atoms with E-state index in [1.165, 1.54) is 32.4 Å². The number of nitrogens with zero attached hydrogens (tertiary/aromatic N) is 1. The van der Waals surface area contributed by atoms with Gasteiger partial charge in [0, 0.05) is 0 Å². The first kappa shape index (κ1) is 12.7. The molecule has 0 bridgehead atoms. The van der Waals surface area contributed by atoms with E-state index in [9.17, 15) is 0 Å². The summed E-state index contributed by atoms with van der Waals surface area (Å²) in [6.07, 6.45) is 5.74. The fraction of sp³-hybridized carbons (Fsp3) is 0.714. The van der Waals surface area contributed by atoms with Gasteiger partial charge in [0.2, 0.25) is 0 Å². The van der Waals surface area contributed by atoms with Crippen LogP contribution in [0.5, 0.6) is 0 Å². The van der Waals surface area contributed by atoms with Crippen molar-refractivity contribution < 1.29 is 4.42 Å². The smallest absolute Gasteiger partial charge is 0.120 e. The number of nitrogens with one attached hydrogen (secondary N) is 1. The summed E-state index contributed by atoms with van der Waals surface area (Å²) in [5, 5.41) is 3.24. The molecule has 1 saturated heterocycles. The molecule has 96 valence electrons. The van der Waals surface area contributed by atoms with Gasteiger partial charge in [-0.15, -0.1) is 0 Å². The number of furan rings is 1. The molecule has 1 unspecified atom stereocenters. The molecule has 0 spiro atoms. The summed E-state index contributed by atoms with van der Waals surface area (Å²) in [4.78, 5) is 2.54. The van der Waals surface area contributed by atoms with Gasteiger partial charge in [-0.1, -0.05) is 0 Å². The number of rotatable bonds is 5. The Hall–Kier alpha value is -0.800. The molecule has 0 saturated carbocycles. The van der Waals surface area contributed by atoms with Gasteiger partial charge in [-0.2, -0.15) is 0 Å². The molecule has 0 amide bonds. The Morgan fingerprint density at radius 1 is 1.47 bits per heavy atom. The van der Waals surface area contributed by atoms with Crippen LogP contribution >= 0.6 is 0 Å². The zero-order valence-electron chi connectivity index (χ0n) is 11.0. The normalized spacial score (nSPS) is 20.6. The Balaban J connectivity index is 1.79. The minimum Gasteiger partial charge on any atom is -0.468 e. The molecule has 1 aliphatic heterocycles. The second-order valence-corrected chi connectivity index (χ2v) is 5.06. The van der Waals surface area contributed by atoms with Gasteiger partial charge in [-0.3, -0.25) is 4.90 Å². The average Bonchev–Trinajstić information content (AvgIpc) is 2.90. The molecule has 1 aromatic rings. The lowest BCUT2D eigenvalue weighted by atomic mass is 9.92. The summed E-state index contributed by atoms with van der Waals surface area (Å²) in [7, 11) is 2.04. The largest absolute Gasteiger partial charge is 0.468 e. The average molecular weight is 236 g/mol. The summed E-state index contributed by atoms with van der Waals surface area (Å²) >= 11 is 0. The van der Waals surface area contributed by atoms with Crippen molar-refractivity contribution in [2.24, 2.45) is 5.92 Å². The summed E-state index contributed by atoms with van der Waals surface area (Å²) in [6, 6.07) is 4.48. The molecule has 1 atom stereocenters. The molecule has 17 heavy (non-hydrogen) atoms. The van der Waals surface area contributed by atoms with Crippen molar-refractivity contribution in [3.63, 3.8) is 0 Å². The van der Waals surface area contributed by atoms with Crippen molar-refractivity contribution in [1.29, 1.82) is 0 Å². The van der Waals surface area contributed by atoms with Crippen molar-refractivity contribution in [3.8, 4) is 0 Å². The van der Waals surface area contributed by atoms with Crippen LogP contribution in [0.3, 0.4) is 0 Å². The van der Waals surface area contributed by atoms with E-state index in [1.807, 2.05) is 13.1 Å². The van der Waals surface area contributed by atoms with Crippen molar-refractivity contribution in [1.82, 2.24) is 10.2 Å². The van der Waals surface area contributed by atoms with Crippen LogP contribution in [-0.4, -0.2) is 31.6 Å². The van der Waals surface area contributed by atoms with Crippen molar-refractivity contribution in [3.05, 3.63) is 24.2 Å². The van der Waals surface area contributed by atoms with Crippen LogP contribution in [-0.2, 0) is 0 Å². The third kappa shape index (κ3) is 3.33. The van der Waals surface area contributed by atoms with Crippen LogP contribution in [0.4, 0.5) is 0 Å². The molecule has 2 rings (SSSR count). The molecule has 1 aliphatic rings. The molecule has 0 radical (unpaired) electrons. The number of hydrogen-bond donors (Lipinski definition) is 1. The number of likely N-dealkylation sites (tertiary alicyclic amines) is 1. The highest BCUT2D eigenvalue weighted by molar-refractivity contribution is 5.03. The van der Waals surface area contributed by atoms with Gasteiger partial charge in [0.1, 0.15) is 5.76 Å². The van der Waals surface area contributed by atoms with Gasteiger partial charge in [-0.25, -0.2) is 0 Å².